The van der Waals surface area contributed by atoms with Gasteiger partial charge in [-0.3, -0.25) is 0 Å². The van der Waals surface area contributed by atoms with Crippen molar-refractivity contribution in [1.29, 1.82) is 0 Å². The van der Waals surface area contributed by atoms with Crippen LogP contribution >= 0.6 is 15.9 Å². The molecule has 4 aromatic carbocycles. The summed E-state index contributed by atoms with van der Waals surface area (Å²) in [6, 6.07) is 32.1. The molecule has 23 heavy (non-hydrogen) atoms. The summed E-state index contributed by atoms with van der Waals surface area (Å²) >= 11 is 3.69. The third-order valence-electron chi connectivity index (χ3n) is 4.13. The van der Waals surface area contributed by atoms with E-state index < -0.39 is 0 Å². The van der Waals surface area contributed by atoms with Crippen molar-refractivity contribution in [1.82, 2.24) is 0 Å². The Hall–Kier alpha value is -2.38. The molecule has 0 saturated heterocycles. The summed E-state index contributed by atoms with van der Waals surface area (Å²) in [4.78, 5) is 0. The first-order chi connectivity index (χ1) is 11.3. The Morgan fingerprint density at radius 2 is 1.09 bits per heavy atom. The molecule has 0 aliphatic carbocycles. The van der Waals surface area contributed by atoms with E-state index in [1.54, 1.807) is 0 Å². The molecule has 0 amide bonds. The molecule has 0 bridgehead atoms. The van der Waals surface area contributed by atoms with Crippen molar-refractivity contribution in [3.8, 4) is 22.3 Å². The lowest BCUT2D eigenvalue weighted by molar-refractivity contribution is 1.61. The van der Waals surface area contributed by atoms with E-state index in [-0.39, 0.29) is 0 Å². The smallest absolute Gasteiger partial charge is 0.0188 e. The minimum absolute atomic E-state index is 1.10. The molecule has 0 atom stereocenters. The van der Waals surface area contributed by atoms with Gasteiger partial charge in [0.15, 0.2) is 0 Å². The minimum Gasteiger partial charge on any atom is -0.0622 e. The van der Waals surface area contributed by atoms with Crippen molar-refractivity contribution in [2.75, 3.05) is 0 Å². The summed E-state index contributed by atoms with van der Waals surface area (Å²) in [5, 5.41) is 2.55. The summed E-state index contributed by atoms with van der Waals surface area (Å²) in [5.41, 5.74) is 5.01. The van der Waals surface area contributed by atoms with Crippen LogP contribution in [0.2, 0.25) is 0 Å². The normalized spacial score (nSPS) is 10.8. The molecule has 0 spiro atoms. The van der Waals surface area contributed by atoms with E-state index in [4.69, 9.17) is 0 Å². The molecule has 4 aromatic rings. The zero-order valence-corrected chi connectivity index (χ0v) is 14.1. The Morgan fingerprint density at radius 3 is 1.74 bits per heavy atom. The topological polar surface area (TPSA) is 0 Å². The van der Waals surface area contributed by atoms with E-state index in [2.05, 4.69) is 107 Å². The fourth-order valence-electron chi connectivity index (χ4n) is 3.08. The number of fused-ring (bicyclic) bond motifs is 1. The van der Waals surface area contributed by atoms with E-state index in [0.717, 1.165) is 4.47 Å². The van der Waals surface area contributed by atoms with Gasteiger partial charge in [-0.1, -0.05) is 94.8 Å². The van der Waals surface area contributed by atoms with Crippen LogP contribution in [-0.2, 0) is 0 Å². The van der Waals surface area contributed by atoms with E-state index >= 15 is 0 Å². The molecule has 0 N–H and O–H groups in total. The maximum absolute atomic E-state index is 3.69. The Bertz CT molecular complexity index is 957. The third-order valence-corrected chi connectivity index (χ3v) is 4.59. The van der Waals surface area contributed by atoms with Gasteiger partial charge in [0.1, 0.15) is 0 Å². The lowest BCUT2D eigenvalue weighted by Gasteiger charge is -2.12. The zero-order valence-electron chi connectivity index (χ0n) is 12.5. The zero-order chi connectivity index (χ0) is 15.6. The van der Waals surface area contributed by atoms with Crippen LogP contribution in [0, 0.1) is 0 Å². The SMILES string of the molecule is Brc1cc(-c2ccccc2)c2cccc(-c3ccccc3)c2c1. The number of hydrogen-bond donors (Lipinski definition) is 0. The summed E-state index contributed by atoms with van der Waals surface area (Å²) < 4.78 is 1.10. The van der Waals surface area contributed by atoms with Crippen LogP contribution < -0.4 is 0 Å². The monoisotopic (exact) mass is 358 g/mol. The molecule has 0 saturated carbocycles. The predicted octanol–water partition coefficient (Wildman–Crippen LogP) is 6.94. The van der Waals surface area contributed by atoms with Crippen LogP contribution in [0.5, 0.6) is 0 Å². The molecule has 110 valence electrons. The highest BCUT2D eigenvalue weighted by Crippen LogP contribution is 2.37. The van der Waals surface area contributed by atoms with Gasteiger partial charge in [0.05, 0.1) is 0 Å². The van der Waals surface area contributed by atoms with E-state index in [0.29, 0.717) is 0 Å². The quantitative estimate of drug-likeness (QED) is 0.364. The van der Waals surface area contributed by atoms with E-state index in [1.807, 2.05) is 0 Å². The third kappa shape index (κ3) is 2.69. The van der Waals surface area contributed by atoms with Crippen molar-refractivity contribution in [3.63, 3.8) is 0 Å². The van der Waals surface area contributed by atoms with E-state index in [1.165, 1.54) is 33.0 Å². The van der Waals surface area contributed by atoms with Crippen molar-refractivity contribution < 1.29 is 0 Å². The van der Waals surface area contributed by atoms with Crippen molar-refractivity contribution in [2.24, 2.45) is 0 Å². The minimum atomic E-state index is 1.10. The maximum Gasteiger partial charge on any atom is 0.0188 e. The number of benzene rings is 4. The van der Waals surface area contributed by atoms with Crippen molar-refractivity contribution in [3.05, 3.63) is 95.5 Å². The molecular formula is C22H15Br. The van der Waals surface area contributed by atoms with Crippen LogP contribution in [0.3, 0.4) is 0 Å². The second-order valence-electron chi connectivity index (χ2n) is 5.59. The predicted molar refractivity (Wildman–Crippen MR) is 103 cm³/mol. The number of halogens is 1. The molecule has 0 nitrogen and oxygen atoms in total. The second-order valence-corrected chi connectivity index (χ2v) is 6.50. The first-order valence-corrected chi connectivity index (χ1v) is 8.45. The first-order valence-electron chi connectivity index (χ1n) is 7.66. The molecule has 0 aliphatic rings. The van der Waals surface area contributed by atoms with Crippen LogP contribution in [0.25, 0.3) is 33.0 Å². The molecule has 0 aliphatic heterocycles. The number of rotatable bonds is 2. The average Bonchev–Trinajstić information content (AvgIpc) is 2.62. The lowest BCUT2D eigenvalue weighted by Crippen LogP contribution is -1.86. The second kappa shape index (κ2) is 6.02. The fraction of sp³-hybridized carbons (Fsp3) is 0. The molecular weight excluding hydrogens is 344 g/mol. The Balaban J connectivity index is 2.05. The Kier molecular flexibility index (Phi) is 3.72. The Labute approximate surface area is 144 Å². The van der Waals surface area contributed by atoms with Gasteiger partial charge in [0, 0.05) is 4.47 Å². The van der Waals surface area contributed by atoms with Gasteiger partial charge in [0.2, 0.25) is 0 Å². The maximum atomic E-state index is 3.69. The van der Waals surface area contributed by atoms with E-state index in [9.17, 15) is 0 Å². The summed E-state index contributed by atoms with van der Waals surface area (Å²) in [5.74, 6) is 0. The molecule has 0 radical (unpaired) electrons. The highest BCUT2D eigenvalue weighted by Gasteiger charge is 2.09. The molecule has 1 heteroatoms. The van der Waals surface area contributed by atoms with Gasteiger partial charge in [-0.25, -0.2) is 0 Å². The highest BCUT2D eigenvalue weighted by molar-refractivity contribution is 9.10. The van der Waals surface area contributed by atoms with Crippen LogP contribution in [0.15, 0.2) is 95.5 Å². The van der Waals surface area contributed by atoms with Crippen molar-refractivity contribution >= 4 is 26.7 Å². The molecule has 0 aromatic heterocycles. The van der Waals surface area contributed by atoms with Gasteiger partial charge >= 0.3 is 0 Å². The van der Waals surface area contributed by atoms with Crippen LogP contribution in [-0.4, -0.2) is 0 Å². The number of hydrogen-bond acceptors (Lipinski definition) is 0. The van der Waals surface area contributed by atoms with Gasteiger partial charge in [-0.15, -0.1) is 0 Å². The fourth-order valence-corrected chi connectivity index (χ4v) is 3.53. The summed E-state index contributed by atoms with van der Waals surface area (Å²) in [6.07, 6.45) is 0. The lowest BCUT2D eigenvalue weighted by atomic mass is 9.93. The molecule has 4 rings (SSSR count). The molecule has 0 unspecified atom stereocenters. The van der Waals surface area contributed by atoms with Gasteiger partial charge in [0.25, 0.3) is 0 Å². The summed E-state index contributed by atoms with van der Waals surface area (Å²) in [7, 11) is 0. The standard InChI is InChI=1S/C22H15Br/c23-18-14-21(17-10-5-2-6-11-17)20-13-7-12-19(22(20)15-18)16-8-3-1-4-9-16/h1-15H. The van der Waals surface area contributed by atoms with Crippen LogP contribution in [0.1, 0.15) is 0 Å². The van der Waals surface area contributed by atoms with Gasteiger partial charge < -0.3 is 0 Å². The highest BCUT2D eigenvalue weighted by atomic mass is 79.9. The molecule has 0 heterocycles. The first kappa shape index (κ1) is 14.2. The summed E-state index contributed by atoms with van der Waals surface area (Å²) in [6.45, 7) is 0. The van der Waals surface area contributed by atoms with Crippen LogP contribution in [0.4, 0.5) is 0 Å². The van der Waals surface area contributed by atoms with Gasteiger partial charge in [-0.05, 0) is 45.2 Å². The van der Waals surface area contributed by atoms with Gasteiger partial charge in [-0.2, -0.15) is 0 Å². The molecule has 0 fully saturated rings. The average molecular weight is 359 g/mol. The van der Waals surface area contributed by atoms with Crippen molar-refractivity contribution in [2.45, 2.75) is 0 Å². The Morgan fingerprint density at radius 1 is 0.478 bits per heavy atom. The largest absolute Gasteiger partial charge is 0.0622 e.